The Morgan fingerprint density at radius 1 is 0.667 bits per heavy atom. The van der Waals surface area contributed by atoms with E-state index in [4.69, 9.17) is 20.7 Å². The van der Waals surface area contributed by atoms with Crippen LogP contribution in [0.15, 0.2) is 91.1 Å². The molecule has 0 aliphatic rings. The van der Waals surface area contributed by atoms with Gasteiger partial charge in [0, 0.05) is 38.7 Å². The summed E-state index contributed by atoms with van der Waals surface area (Å²) < 4.78 is 2.44. The van der Waals surface area contributed by atoms with E-state index in [1.165, 1.54) is 48.9 Å². The SMILES string of the molecule is [B]C([B])(c1ccc(-c2ccc3c(ccc4c5cccc6c7ccccc7n(c34)c65)c2)nc1)C(C)(C)C. The highest BCUT2D eigenvalue weighted by molar-refractivity contribution is 6.40. The maximum absolute atomic E-state index is 6.46. The zero-order valence-corrected chi connectivity index (χ0v) is 20.7. The second-order valence-electron chi connectivity index (χ2n) is 11.0. The van der Waals surface area contributed by atoms with Crippen molar-refractivity contribution in [1.82, 2.24) is 9.38 Å². The normalized spacial score (nSPS) is 13.1. The zero-order chi connectivity index (χ0) is 24.8. The lowest BCUT2D eigenvalue weighted by molar-refractivity contribution is 0.358. The second kappa shape index (κ2) is 7.13. The first-order valence-corrected chi connectivity index (χ1v) is 12.4. The largest absolute Gasteiger partial charge is 0.307 e. The van der Waals surface area contributed by atoms with Crippen LogP contribution in [-0.2, 0) is 5.21 Å². The van der Waals surface area contributed by atoms with Gasteiger partial charge >= 0.3 is 0 Å². The Morgan fingerprint density at radius 3 is 2.08 bits per heavy atom. The molecule has 0 saturated carbocycles. The quantitative estimate of drug-likeness (QED) is 0.244. The van der Waals surface area contributed by atoms with Crippen molar-refractivity contribution in [3.05, 3.63) is 96.7 Å². The molecule has 0 saturated heterocycles. The first-order chi connectivity index (χ1) is 17.3. The van der Waals surface area contributed by atoms with E-state index in [1.54, 1.807) is 0 Å². The second-order valence-corrected chi connectivity index (χ2v) is 11.0. The van der Waals surface area contributed by atoms with Crippen LogP contribution in [0.2, 0.25) is 0 Å². The number of hydrogen-bond acceptors (Lipinski definition) is 1. The van der Waals surface area contributed by atoms with Crippen LogP contribution in [0.25, 0.3) is 60.1 Å². The van der Waals surface area contributed by atoms with Gasteiger partial charge in [-0.15, -0.1) is 0 Å². The van der Waals surface area contributed by atoms with Crippen LogP contribution in [0.5, 0.6) is 0 Å². The van der Waals surface area contributed by atoms with Crippen molar-refractivity contribution in [2.75, 3.05) is 0 Å². The molecule has 4 radical (unpaired) electrons. The maximum atomic E-state index is 6.46. The molecule has 7 rings (SSSR count). The summed E-state index contributed by atoms with van der Waals surface area (Å²) in [4.78, 5) is 4.74. The number of aromatic nitrogens is 2. The van der Waals surface area contributed by atoms with E-state index in [0.717, 1.165) is 16.8 Å². The van der Waals surface area contributed by atoms with Crippen molar-refractivity contribution < 1.29 is 0 Å². The molecule has 0 spiro atoms. The van der Waals surface area contributed by atoms with E-state index in [2.05, 4.69) is 77.2 Å². The molecule has 0 aliphatic heterocycles. The van der Waals surface area contributed by atoms with Gasteiger partial charge in [0.1, 0.15) is 0 Å². The molecule has 0 aliphatic carbocycles. The third-order valence-corrected chi connectivity index (χ3v) is 7.98. The average molecular weight is 458 g/mol. The number of rotatable bonds is 2. The van der Waals surface area contributed by atoms with Crippen molar-refractivity contribution in [3.63, 3.8) is 0 Å². The van der Waals surface area contributed by atoms with Crippen LogP contribution in [0.1, 0.15) is 26.3 Å². The molecular formula is C32H24B2N2. The van der Waals surface area contributed by atoms with Crippen LogP contribution in [0, 0.1) is 5.41 Å². The molecule has 0 bridgehead atoms. The lowest BCUT2D eigenvalue weighted by atomic mass is 9.41. The number of nitrogens with zero attached hydrogens (tertiary/aromatic N) is 2. The lowest BCUT2D eigenvalue weighted by Gasteiger charge is -2.40. The van der Waals surface area contributed by atoms with Gasteiger partial charge in [0.2, 0.25) is 0 Å². The molecule has 0 atom stereocenters. The predicted octanol–water partition coefficient (Wildman–Crippen LogP) is 7.59. The molecule has 0 unspecified atom stereocenters. The van der Waals surface area contributed by atoms with E-state index < -0.39 is 5.21 Å². The van der Waals surface area contributed by atoms with Gasteiger partial charge in [0.25, 0.3) is 0 Å². The summed E-state index contributed by atoms with van der Waals surface area (Å²) in [5.41, 5.74) is 6.33. The molecule has 3 aromatic heterocycles. The lowest BCUT2D eigenvalue weighted by Crippen LogP contribution is -2.41. The van der Waals surface area contributed by atoms with E-state index in [9.17, 15) is 0 Å². The summed E-state index contributed by atoms with van der Waals surface area (Å²) in [5.74, 6) is 0. The molecule has 0 N–H and O–H groups in total. The number of para-hydroxylation sites is 2. The fraction of sp³-hybridized carbons (Fsp3) is 0.156. The third kappa shape index (κ3) is 2.79. The Morgan fingerprint density at radius 2 is 1.33 bits per heavy atom. The van der Waals surface area contributed by atoms with Crippen molar-refractivity contribution in [2.24, 2.45) is 5.41 Å². The van der Waals surface area contributed by atoms with E-state index in [-0.39, 0.29) is 5.41 Å². The summed E-state index contributed by atoms with van der Waals surface area (Å²) in [5, 5.41) is 6.66. The monoisotopic (exact) mass is 458 g/mol. The Bertz CT molecular complexity index is 1940. The topological polar surface area (TPSA) is 17.3 Å². The Balaban J connectivity index is 1.43. The summed E-state index contributed by atoms with van der Waals surface area (Å²) >= 11 is 0. The third-order valence-electron chi connectivity index (χ3n) is 7.98. The zero-order valence-electron chi connectivity index (χ0n) is 20.7. The van der Waals surface area contributed by atoms with Crippen LogP contribution in [-0.4, -0.2) is 25.1 Å². The summed E-state index contributed by atoms with van der Waals surface area (Å²) in [7, 11) is 12.9. The standard InChI is InChI=1S/C32H24B2N2/c1-31(2,3)32(33,34)21-13-16-27(35-18-21)20-12-14-22-19(17-20)11-15-26-25-9-6-8-24-23-7-4-5-10-28(23)36(29(22)26)30(24)25/h4-18H,1-3H3. The minimum Gasteiger partial charge on any atom is -0.307 e. The first-order valence-electron chi connectivity index (χ1n) is 12.4. The number of fused-ring (bicyclic) bond motifs is 8. The summed E-state index contributed by atoms with van der Waals surface area (Å²) in [6, 6.07) is 30.5. The molecule has 36 heavy (non-hydrogen) atoms. The molecule has 3 heterocycles. The average Bonchev–Trinajstić information content (AvgIpc) is 3.40. The molecule has 2 nitrogen and oxygen atoms in total. The van der Waals surface area contributed by atoms with Gasteiger partial charge in [0.15, 0.2) is 0 Å². The van der Waals surface area contributed by atoms with Crippen molar-refractivity contribution in [1.29, 1.82) is 0 Å². The molecule has 0 amide bonds. The van der Waals surface area contributed by atoms with E-state index in [0.29, 0.717) is 0 Å². The van der Waals surface area contributed by atoms with Gasteiger partial charge in [-0.3, -0.25) is 4.98 Å². The number of hydrogen-bond donors (Lipinski definition) is 0. The van der Waals surface area contributed by atoms with Crippen LogP contribution < -0.4 is 0 Å². The van der Waals surface area contributed by atoms with Crippen molar-refractivity contribution >= 4 is 64.6 Å². The molecule has 168 valence electrons. The highest BCUT2D eigenvalue weighted by Gasteiger charge is 2.33. The fourth-order valence-electron chi connectivity index (χ4n) is 5.64. The summed E-state index contributed by atoms with van der Waals surface area (Å²) in [6.07, 6.45) is 1.81. The van der Waals surface area contributed by atoms with Gasteiger partial charge in [0.05, 0.1) is 37.9 Å². The Hall–Kier alpha value is -3.78. The van der Waals surface area contributed by atoms with Gasteiger partial charge in [-0.25, -0.2) is 0 Å². The number of pyridine rings is 1. The Kier molecular flexibility index (Phi) is 4.26. The minimum absolute atomic E-state index is 0.287. The first kappa shape index (κ1) is 21.5. The minimum atomic E-state index is -0.956. The van der Waals surface area contributed by atoms with Crippen molar-refractivity contribution in [3.8, 4) is 11.3 Å². The highest BCUT2D eigenvalue weighted by atomic mass is 14.9. The van der Waals surface area contributed by atoms with Gasteiger partial charge in [-0.2, -0.15) is 0 Å². The van der Waals surface area contributed by atoms with Crippen LogP contribution in [0.3, 0.4) is 0 Å². The van der Waals surface area contributed by atoms with Gasteiger partial charge in [-0.1, -0.05) is 92.7 Å². The molecule has 7 aromatic rings. The van der Waals surface area contributed by atoms with E-state index in [1.807, 2.05) is 39.1 Å². The van der Waals surface area contributed by atoms with Crippen molar-refractivity contribution in [2.45, 2.75) is 26.0 Å². The van der Waals surface area contributed by atoms with Gasteiger partial charge in [-0.05, 0) is 34.6 Å². The predicted molar refractivity (Wildman–Crippen MR) is 154 cm³/mol. The fourth-order valence-corrected chi connectivity index (χ4v) is 5.64. The number of benzene rings is 4. The molecule has 4 heteroatoms. The molecule has 0 fully saturated rings. The van der Waals surface area contributed by atoms with Gasteiger partial charge < -0.3 is 4.40 Å². The maximum Gasteiger partial charge on any atom is 0.0702 e. The summed E-state index contributed by atoms with van der Waals surface area (Å²) in [6.45, 7) is 6.13. The highest BCUT2D eigenvalue weighted by Crippen LogP contribution is 2.42. The van der Waals surface area contributed by atoms with Crippen LogP contribution >= 0.6 is 0 Å². The molecule has 4 aromatic carbocycles. The smallest absolute Gasteiger partial charge is 0.0702 e. The molecular weight excluding hydrogens is 434 g/mol. The van der Waals surface area contributed by atoms with E-state index >= 15 is 0 Å². The Labute approximate surface area is 213 Å². The van der Waals surface area contributed by atoms with Crippen LogP contribution in [0.4, 0.5) is 0 Å².